The number of benzene rings is 1. The fraction of sp³-hybridized carbons (Fsp3) is 0.182. The molecule has 1 aromatic carbocycles. The van der Waals surface area contributed by atoms with E-state index in [0.717, 1.165) is 6.08 Å². The summed E-state index contributed by atoms with van der Waals surface area (Å²) >= 11 is 0. The lowest BCUT2D eigenvalue weighted by Gasteiger charge is -2.06. The van der Waals surface area contributed by atoms with Gasteiger partial charge in [-0.2, -0.15) is 0 Å². The number of carbonyl (C=O) groups excluding carboxylic acids is 1. The van der Waals surface area contributed by atoms with Crippen molar-refractivity contribution in [1.82, 2.24) is 0 Å². The van der Waals surface area contributed by atoms with E-state index in [0.29, 0.717) is 12.4 Å². The lowest BCUT2D eigenvalue weighted by molar-refractivity contribution is -0.384. The first-order chi connectivity index (χ1) is 8.08. The Bertz CT molecular complexity index is 457. The van der Waals surface area contributed by atoms with Crippen LogP contribution >= 0.6 is 0 Å². The fourth-order valence-corrected chi connectivity index (χ4v) is 1.21. The number of nitrogens with zero attached hydrogens (tertiary/aromatic N) is 1. The van der Waals surface area contributed by atoms with E-state index >= 15 is 0 Å². The smallest absolute Gasteiger partial charge is 0.296 e. The van der Waals surface area contributed by atoms with Gasteiger partial charge in [-0.25, -0.2) is 0 Å². The van der Waals surface area contributed by atoms with Gasteiger partial charge in [0, 0.05) is 0 Å². The monoisotopic (exact) mass is 236 g/mol. The summed E-state index contributed by atoms with van der Waals surface area (Å²) in [6.07, 6.45) is 1.04. The summed E-state index contributed by atoms with van der Waals surface area (Å²) in [6, 6.07) is 4.24. The second-order valence-electron chi connectivity index (χ2n) is 3.06. The van der Waals surface area contributed by atoms with Crippen LogP contribution in [0.1, 0.15) is 6.92 Å². The predicted molar refractivity (Wildman–Crippen MR) is 63.1 cm³/mol. The largest absolute Gasteiger partial charge is 0.494 e. The Labute approximate surface area is 98.0 Å². The van der Waals surface area contributed by atoms with Gasteiger partial charge >= 0.3 is 0 Å². The first-order valence-electron chi connectivity index (χ1n) is 4.93. The first-order valence-corrected chi connectivity index (χ1v) is 4.93. The molecule has 0 saturated carbocycles. The van der Waals surface area contributed by atoms with Gasteiger partial charge in [-0.3, -0.25) is 14.9 Å². The van der Waals surface area contributed by atoms with Crippen LogP contribution in [0.4, 0.5) is 11.4 Å². The van der Waals surface area contributed by atoms with Gasteiger partial charge in [0.2, 0.25) is 5.91 Å². The van der Waals surface area contributed by atoms with Gasteiger partial charge in [0.15, 0.2) is 0 Å². The Balaban J connectivity index is 3.08. The number of hydrogen-bond acceptors (Lipinski definition) is 4. The molecule has 0 aliphatic carbocycles. The number of anilines is 1. The molecule has 0 spiro atoms. The molecule has 0 aliphatic heterocycles. The van der Waals surface area contributed by atoms with E-state index < -0.39 is 10.8 Å². The third kappa shape index (κ3) is 3.30. The van der Waals surface area contributed by atoms with Crippen molar-refractivity contribution < 1.29 is 14.5 Å². The van der Waals surface area contributed by atoms with E-state index in [-0.39, 0.29) is 11.4 Å². The van der Waals surface area contributed by atoms with Crippen LogP contribution in [0.25, 0.3) is 0 Å². The summed E-state index contributed by atoms with van der Waals surface area (Å²) in [7, 11) is 0. The maximum atomic E-state index is 11.1. The highest BCUT2D eigenvalue weighted by Gasteiger charge is 2.16. The van der Waals surface area contributed by atoms with Crippen molar-refractivity contribution in [3.05, 3.63) is 41.0 Å². The molecular formula is C11H12N2O4. The molecule has 0 unspecified atom stereocenters. The van der Waals surface area contributed by atoms with Crippen LogP contribution in [0.2, 0.25) is 0 Å². The second kappa shape index (κ2) is 5.64. The van der Waals surface area contributed by atoms with Crippen LogP contribution in [-0.2, 0) is 4.79 Å². The Kier molecular flexibility index (Phi) is 4.21. The lowest BCUT2D eigenvalue weighted by Crippen LogP contribution is -2.09. The average molecular weight is 236 g/mol. The molecule has 0 aliphatic rings. The van der Waals surface area contributed by atoms with Crippen molar-refractivity contribution in [2.24, 2.45) is 0 Å². The quantitative estimate of drug-likeness (QED) is 0.482. The van der Waals surface area contributed by atoms with Crippen LogP contribution in [0.3, 0.4) is 0 Å². The summed E-state index contributed by atoms with van der Waals surface area (Å²) in [5.41, 5.74) is -0.102. The van der Waals surface area contributed by atoms with E-state index in [2.05, 4.69) is 11.9 Å². The van der Waals surface area contributed by atoms with E-state index in [1.54, 1.807) is 13.0 Å². The number of ether oxygens (including phenoxy) is 1. The SMILES string of the molecule is C=CC(=O)Nc1ccc(OCC)cc1[N+](=O)[O-]. The van der Waals surface area contributed by atoms with Crippen molar-refractivity contribution in [2.45, 2.75) is 6.92 Å². The lowest BCUT2D eigenvalue weighted by atomic mass is 10.2. The number of amides is 1. The van der Waals surface area contributed by atoms with Crippen LogP contribution < -0.4 is 10.1 Å². The van der Waals surface area contributed by atoms with Crippen LogP contribution in [-0.4, -0.2) is 17.4 Å². The molecule has 6 heteroatoms. The molecule has 0 radical (unpaired) electrons. The number of hydrogen-bond donors (Lipinski definition) is 1. The average Bonchev–Trinajstić information content (AvgIpc) is 2.31. The molecule has 1 rings (SSSR count). The van der Waals surface area contributed by atoms with E-state index in [4.69, 9.17) is 4.74 Å². The van der Waals surface area contributed by atoms with Crippen LogP contribution in [0.5, 0.6) is 5.75 Å². The Morgan fingerprint density at radius 2 is 2.35 bits per heavy atom. The summed E-state index contributed by atoms with van der Waals surface area (Å²) in [4.78, 5) is 21.3. The molecule has 0 fully saturated rings. The molecule has 0 heterocycles. The topological polar surface area (TPSA) is 81.5 Å². The van der Waals surface area contributed by atoms with E-state index in [1.165, 1.54) is 12.1 Å². The van der Waals surface area contributed by atoms with E-state index in [9.17, 15) is 14.9 Å². The molecule has 17 heavy (non-hydrogen) atoms. The van der Waals surface area contributed by atoms with Gasteiger partial charge in [-0.05, 0) is 25.1 Å². The summed E-state index contributed by atoms with van der Waals surface area (Å²) in [5, 5.41) is 13.2. The van der Waals surface area contributed by atoms with Crippen molar-refractivity contribution in [3.8, 4) is 5.75 Å². The zero-order valence-corrected chi connectivity index (χ0v) is 9.30. The highest BCUT2D eigenvalue weighted by Crippen LogP contribution is 2.29. The molecular weight excluding hydrogens is 224 g/mol. The predicted octanol–water partition coefficient (Wildman–Crippen LogP) is 2.12. The summed E-state index contributed by atoms with van der Waals surface area (Å²) in [6.45, 7) is 5.46. The Morgan fingerprint density at radius 3 is 2.88 bits per heavy atom. The number of nitro benzene ring substituents is 1. The third-order valence-corrected chi connectivity index (χ3v) is 1.92. The third-order valence-electron chi connectivity index (χ3n) is 1.92. The minimum Gasteiger partial charge on any atom is -0.494 e. The van der Waals surface area contributed by atoms with Gasteiger partial charge in [-0.1, -0.05) is 6.58 Å². The minimum atomic E-state index is -0.582. The van der Waals surface area contributed by atoms with Crippen LogP contribution in [0.15, 0.2) is 30.9 Å². The zero-order chi connectivity index (χ0) is 12.8. The summed E-state index contributed by atoms with van der Waals surface area (Å²) < 4.78 is 5.15. The first kappa shape index (κ1) is 12.7. The molecule has 1 amide bonds. The molecule has 1 aromatic rings. The second-order valence-corrected chi connectivity index (χ2v) is 3.06. The van der Waals surface area contributed by atoms with E-state index in [1.807, 2.05) is 0 Å². The number of rotatable bonds is 5. The molecule has 0 saturated heterocycles. The molecule has 90 valence electrons. The molecule has 6 nitrogen and oxygen atoms in total. The standard InChI is InChI=1S/C11H12N2O4/c1-3-11(14)12-9-6-5-8(17-4-2)7-10(9)13(15)16/h3,5-7H,1,4H2,2H3,(H,12,14). The highest BCUT2D eigenvalue weighted by molar-refractivity contribution is 6.00. The van der Waals surface area contributed by atoms with Crippen LogP contribution in [0, 0.1) is 10.1 Å². The molecule has 1 N–H and O–H groups in total. The van der Waals surface area contributed by atoms with Crippen molar-refractivity contribution in [2.75, 3.05) is 11.9 Å². The molecule has 0 bridgehead atoms. The summed E-state index contributed by atoms with van der Waals surface area (Å²) in [5.74, 6) is -0.118. The minimum absolute atomic E-state index is 0.114. The van der Waals surface area contributed by atoms with Crippen molar-refractivity contribution in [3.63, 3.8) is 0 Å². The maximum Gasteiger partial charge on any atom is 0.296 e. The number of nitrogens with one attached hydrogen (secondary N) is 1. The Morgan fingerprint density at radius 1 is 1.65 bits per heavy atom. The Hall–Kier alpha value is -2.37. The maximum absolute atomic E-state index is 11.1. The van der Waals surface area contributed by atoms with Crippen molar-refractivity contribution in [1.29, 1.82) is 0 Å². The molecule has 0 aromatic heterocycles. The fourth-order valence-electron chi connectivity index (χ4n) is 1.21. The van der Waals surface area contributed by atoms with Gasteiger partial charge in [0.1, 0.15) is 11.4 Å². The van der Waals surface area contributed by atoms with Gasteiger partial charge < -0.3 is 10.1 Å². The normalized spacial score (nSPS) is 9.47. The van der Waals surface area contributed by atoms with Gasteiger partial charge in [-0.15, -0.1) is 0 Å². The van der Waals surface area contributed by atoms with Crippen molar-refractivity contribution >= 4 is 17.3 Å². The van der Waals surface area contributed by atoms with Gasteiger partial charge in [0.05, 0.1) is 17.6 Å². The number of nitro groups is 1. The number of carbonyl (C=O) groups is 1. The molecule has 0 atom stereocenters. The van der Waals surface area contributed by atoms with Gasteiger partial charge in [0.25, 0.3) is 5.69 Å². The highest BCUT2D eigenvalue weighted by atomic mass is 16.6. The zero-order valence-electron chi connectivity index (χ0n) is 9.30.